The Balaban J connectivity index is 1.52. The highest BCUT2D eigenvalue weighted by Gasteiger charge is 2.48. The number of ether oxygens (including phenoxy) is 2. The van der Waals surface area contributed by atoms with E-state index in [2.05, 4.69) is 20.5 Å². The number of rotatable bonds is 7. The highest BCUT2D eigenvalue weighted by molar-refractivity contribution is 6.32. The number of benzene rings is 2. The summed E-state index contributed by atoms with van der Waals surface area (Å²) in [4.78, 5) is 0. The summed E-state index contributed by atoms with van der Waals surface area (Å²) < 4.78 is 54.8. The molecule has 2 aromatic heterocycles. The molecule has 0 bridgehead atoms. The number of aliphatic hydroxyl groups is 3. The van der Waals surface area contributed by atoms with Crippen LogP contribution in [0.3, 0.4) is 0 Å². The zero-order valence-electron chi connectivity index (χ0n) is 20.2. The Kier molecular flexibility index (Phi) is 7.55. The molecule has 1 saturated heterocycles. The molecule has 0 amide bonds. The Morgan fingerprint density at radius 3 is 2.49 bits per heavy atom. The van der Waals surface area contributed by atoms with E-state index in [9.17, 15) is 28.5 Å². The van der Waals surface area contributed by atoms with Gasteiger partial charge in [-0.15, -0.1) is 15.3 Å². The van der Waals surface area contributed by atoms with Crippen LogP contribution in [0.2, 0.25) is 5.02 Å². The highest BCUT2D eigenvalue weighted by atomic mass is 35.5. The molecule has 206 valence electrons. The zero-order valence-corrected chi connectivity index (χ0v) is 21.0. The Morgan fingerprint density at radius 2 is 1.82 bits per heavy atom. The molecule has 1 fully saturated rings. The molecule has 2 aromatic carbocycles. The summed E-state index contributed by atoms with van der Waals surface area (Å²) in [5.74, 6) is -3.85. The summed E-state index contributed by atoms with van der Waals surface area (Å²) in [5.41, 5.74) is 0.389. The van der Waals surface area contributed by atoms with E-state index in [1.165, 1.54) is 24.2 Å². The molecule has 4 aromatic rings. The van der Waals surface area contributed by atoms with Crippen LogP contribution in [-0.2, 0) is 4.74 Å². The van der Waals surface area contributed by atoms with Gasteiger partial charge >= 0.3 is 0 Å². The third-order valence-corrected chi connectivity index (χ3v) is 6.76. The molecule has 3 heterocycles. The number of aromatic nitrogens is 6. The van der Waals surface area contributed by atoms with Crippen LogP contribution in [-0.4, -0.2) is 77.1 Å². The van der Waals surface area contributed by atoms with Crippen LogP contribution in [0, 0.1) is 17.5 Å². The van der Waals surface area contributed by atoms with Crippen molar-refractivity contribution in [3.05, 3.63) is 71.2 Å². The molecule has 5 rings (SSSR count). The van der Waals surface area contributed by atoms with Crippen LogP contribution < -0.4 is 4.74 Å². The van der Waals surface area contributed by atoms with E-state index in [-0.39, 0.29) is 30.1 Å². The Bertz CT molecular complexity index is 1460. The van der Waals surface area contributed by atoms with E-state index >= 15 is 0 Å². The molecule has 15 heteroatoms. The van der Waals surface area contributed by atoms with Gasteiger partial charge in [0.1, 0.15) is 42.1 Å². The first-order valence-electron chi connectivity index (χ1n) is 11.7. The predicted octanol–water partition coefficient (Wildman–Crippen LogP) is 2.39. The van der Waals surface area contributed by atoms with E-state index in [4.69, 9.17) is 21.1 Å². The predicted molar refractivity (Wildman–Crippen MR) is 129 cm³/mol. The molecule has 3 N–H and O–H groups in total. The van der Waals surface area contributed by atoms with E-state index in [0.717, 1.165) is 16.8 Å². The minimum Gasteiger partial charge on any atom is -0.495 e. The Labute approximate surface area is 224 Å². The molecular weight excluding hydrogens is 545 g/mol. The van der Waals surface area contributed by atoms with Gasteiger partial charge in [-0.2, -0.15) is 0 Å². The number of methoxy groups -OCH3 is 1. The minimum atomic E-state index is -1.63. The molecule has 1 aliphatic heterocycles. The molecule has 11 nitrogen and oxygen atoms in total. The summed E-state index contributed by atoms with van der Waals surface area (Å²) >= 11 is 6.27. The maximum Gasteiger partial charge on any atom is 0.194 e. The largest absolute Gasteiger partial charge is 0.495 e. The molecular formula is C24H22ClF3N6O5. The zero-order chi connectivity index (χ0) is 27.8. The lowest BCUT2D eigenvalue weighted by molar-refractivity contribution is -0.205. The van der Waals surface area contributed by atoms with Crippen molar-refractivity contribution in [3.8, 4) is 22.7 Å². The molecule has 0 radical (unpaired) electrons. The van der Waals surface area contributed by atoms with Gasteiger partial charge in [-0.3, -0.25) is 4.57 Å². The number of aliphatic hydroxyl groups excluding tert-OH is 3. The van der Waals surface area contributed by atoms with Crippen LogP contribution >= 0.6 is 11.6 Å². The Hall–Kier alpha value is -3.56. The number of nitrogens with zero attached hydrogens (tertiary/aromatic N) is 6. The molecule has 5 atom stereocenters. The molecule has 39 heavy (non-hydrogen) atoms. The normalized spacial score (nSPS) is 23.2. The monoisotopic (exact) mass is 566 g/mol. The fraction of sp³-hybridized carbons (Fsp3) is 0.333. The first-order valence-corrected chi connectivity index (χ1v) is 12.0. The van der Waals surface area contributed by atoms with Crippen molar-refractivity contribution in [2.24, 2.45) is 0 Å². The average Bonchev–Trinajstić information content (AvgIpc) is 3.59. The van der Waals surface area contributed by atoms with Crippen LogP contribution in [0.1, 0.15) is 24.4 Å². The van der Waals surface area contributed by atoms with Gasteiger partial charge in [0.25, 0.3) is 0 Å². The van der Waals surface area contributed by atoms with Gasteiger partial charge in [0.15, 0.2) is 23.3 Å². The van der Waals surface area contributed by atoms with E-state index in [1.54, 1.807) is 18.2 Å². The van der Waals surface area contributed by atoms with Gasteiger partial charge < -0.3 is 24.8 Å². The van der Waals surface area contributed by atoms with Gasteiger partial charge in [-0.05, 0) is 36.8 Å². The second-order valence-corrected chi connectivity index (χ2v) is 9.20. The van der Waals surface area contributed by atoms with Crippen LogP contribution in [0.5, 0.6) is 5.75 Å². The lowest BCUT2D eigenvalue weighted by atomic mass is 9.90. The summed E-state index contributed by atoms with van der Waals surface area (Å²) in [5, 5.41) is 48.2. The van der Waals surface area contributed by atoms with Gasteiger partial charge in [0.05, 0.1) is 30.1 Å². The lowest BCUT2D eigenvalue weighted by Gasteiger charge is -2.42. The third kappa shape index (κ3) is 4.96. The first kappa shape index (κ1) is 27.0. The molecule has 0 aliphatic carbocycles. The van der Waals surface area contributed by atoms with Gasteiger partial charge in [-0.1, -0.05) is 16.8 Å². The molecule has 1 aliphatic rings. The molecule has 0 unspecified atom stereocenters. The van der Waals surface area contributed by atoms with Gasteiger partial charge in [-0.25, -0.2) is 17.9 Å². The smallest absolute Gasteiger partial charge is 0.194 e. The maximum absolute atomic E-state index is 13.8. The van der Waals surface area contributed by atoms with Crippen molar-refractivity contribution in [2.45, 2.75) is 36.9 Å². The number of hydrogen-bond donors (Lipinski definition) is 3. The summed E-state index contributed by atoms with van der Waals surface area (Å²) in [6.07, 6.45) is -2.39. The van der Waals surface area contributed by atoms with Gasteiger partial charge in [0.2, 0.25) is 0 Å². The summed E-state index contributed by atoms with van der Waals surface area (Å²) in [6.45, 7) is -0.339. The lowest BCUT2D eigenvalue weighted by Crippen LogP contribution is -2.52. The van der Waals surface area contributed by atoms with Crippen molar-refractivity contribution in [1.82, 2.24) is 29.8 Å². The average molecular weight is 567 g/mol. The van der Waals surface area contributed by atoms with Gasteiger partial charge in [0, 0.05) is 12.2 Å². The van der Waals surface area contributed by atoms with Crippen molar-refractivity contribution in [2.75, 3.05) is 13.7 Å². The minimum absolute atomic E-state index is 0.000668. The first-order chi connectivity index (χ1) is 18.7. The molecule has 0 spiro atoms. The second-order valence-electron chi connectivity index (χ2n) is 8.79. The van der Waals surface area contributed by atoms with Crippen LogP contribution in [0.15, 0.2) is 42.9 Å². The summed E-state index contributed by atoms with van der Waals surface area (Å²) in [7, 11) is 1.47. The quantitative estimate of drug-likeness (QED) is 0.288. The molecule has 0 saturated carbocycles. The van der Waals surface area contributed by atoms with Crippen LogP contribution in [0.25, 0.3) is 16.9 Å². The topological polar surface area (TPSA) is 141 Å². The van der Waals surface area contributed by atoms with Crippen molar-refractivity contribution >= 4 is 11.6 Å². The van der Waals surface area contributed by atoms with E-state index in [0.29, 0.717) is 16.5 Å². The van der Waals surface area contributed by atoms with E-state index in [1.807, 2.05) is 0 Å². The van der Waals surface area contributed by atoms with E-state index < -0.39 is 47.9 Å². The fourth-order valence-corrected chi connectivity index (χ4v) is 4.80. The number of hydrogen-bond acceptors (Lipinski definition) is 9. The number of halogens is 4. The van der Waals surface area contributed by atoms with Crippen molar-refractivity contribution in [1.29, 1.82) is 0 Å². The standard InChI is InChI=1S/C24H22ClF3N6O5/c1-38-17-3-2-12(8-13(17)25)33-10-29-31-24(33)23-22(37)20(21(36)18(39-23)4-5-35)34-9-16(30-32-34)11-6-14(26)19(28)15(27)7-11/h2-3,6-10,18,20-23,35-37H,4-5H2,1H3/t18-,20+,21+,22-,23-/m1/s1. The van der Waals surface area contributed by atoms with Crippen molar-refractivity contribution in [3.63, 3.8) is 0 Å². The maximum atomic E-state index is 13.8. The van der Waals surface area contributed by atoms with Crippen LogP contribution in [0.4, 0.5) is 13.2 Å². The highest BCUT2D eigenvalue weighted by Crippen LogP contribution is 2.39. The third-order valence-electron chi connectivity index (χ3n) is 6.46. The summed E-state index contributed by atoms with van der Waals surface area (Å²) in [6, 6.07) is 5.24. The SMILES string of the molecule is COc1ccc(-n2cnnc2[C@@H]2O[C@H](CCO)[C@H](O)[C@H](n3cc(-c4cc(F)c(F)c(F)c4)nn3)[C@H]2O)cc1Cl. The fourth-order valence-electron chi connectivity index (χ4n) is 4.54. The second kappa shape index (κ2) is 10.9. The Morgan fingerprint density at radius 1 is 1.08 bits per heavy atom. The van der Waals surface area contributed by atoms with Crippen molar-refractivity contribution < 1.29 is 38.0 Å².